The molecule has 0 bridgehead atoms. The first-order valence-corrected chi connectivity index (χ1v) is 14.5. The van der Waals surface area contributed by atoms with Crippen molar-refractivity contribution < 1.29 is 30.8 Å². The molecular formula is C27H30F4N2O3S. The second-order valence-corrected chi connectivity index (χ2v) is 13.1. The predicted molar refractivity (Wildman–Crippen MR) is 130 cm³/mol. The van der Waals surface area contributed by atoms with E-state index in [4.69, 9.17) is 0 Å². The van der Waals surface area contributed by atoms with E-state index in [1.54, 1.807) is 18.3 Å². The van der Waals surface area contributed by atoms with Crippen LogP contribution in [0.1, 0.15) is 55.0 Å². The van der Waals surface area contributed by atoms with Crippen LogP contribution in [0.2, 0.25) is 0 Å². The lowest BCUT2D eigenvalue weighted by Gasteiger charge is -2.44. The highest BCUT2D eigenvalue weighted by atomic mass is 32.2. The van der Waals surface area contributed by atoms with Crippen molar-refractivity contribution in [3.8, 4) is 0 Å². The van der Waals surface area contributed by atoms with Crippen molar-refractivity contribution in [1.82, 2.24) is 9.88 Å². The zero-order chi connectivity index (χ0) is 26.6. The van der Waals surface area contributed by atoms with Gasteiger partial charge in [-0.2, -0.15) is 13.2 Å². The second-order valence-electron chi connectivity index (χ2n) is 10.8. The lowest BCUT2D eigenvalue weighted by Crippen LogP contribution is -2.51. The molecule has 37 heavy (non-hydrogen) atoms. The van der Waals surface area contributed by atoms with Crippen LogP contribution in [0.5, 0.6) is 0 Å². The van der Waals surface area contributed by atoms with Gasteiger partial charge in [0.05, 0.1) is 11.5 Å². The molecule has 3 aliphatic rings. The Kier molecular flexibility index (Phi) is 6.40. The van der Waals surface area contributed by atoms with E-state index in [0.29, 0.717) is 57.6 Å². The Balaban J connectivity index is 1.52. The Morgan fingerprint density at radius 3 is 2.49 bits per heavy atom. The van der Waals surface area contributed by atoms with E-state index >= 15 is 0 Å². The maximum absolute atomic E-state index is 14.8. The fourth-order valence-corrected chi connectivity index (χ4v) is 7.98. The number of carbonyl (C=O) groups is 1. The molecule has 1 aromatic carbocycles. The van der Waals surface area contributed by atoms with Gasteiger partial charge in [0.2, 0.25) is 11.6 Å². The van der Waals surface area contributed by atoms with Crippen LogP contribution in [0.4, 0.5) is 17.6 Å². The number of aryl methyl sites for hydroxylation is 1. The molecule has 2 fully saturated rings. The van der Waals surface area contributed by atoms with Gasteiger partial charge < -0.3 is 4.90 Å². The minimum atomic E-state index is -5.03. The maximum Gasteiger partial charge on any atom is 0.426 e. The number of halogens is 4. The molecule has 1 aromatic heterocycles. The topological polar surface area (TPSA) is 67.3 Å². The van der Waals surface area contributed by atoms with E-state index in [9.17, 15) is 30.8 Å². The van der Waals surface area contributed by atoms with E-state index in [1.165, 1.54) is 12.1 Å². The SMILES string of the molecule is CC(F)(c1ccc2c(c1)CCC1N(C(=O)C3CCS(=O)(=O)CC3)CCC21Cc1ccccn1)C(F)(F)F. The largest absolute Gasteiger partial charge is 0.426 e. The average Bonchev–Trinajstić information content (AvgIpc) is 3.22. The van der Waals surface area contributed by atoms with Gasteiger partial charge in [-0.05, 0) is 67.9 Å². The molecule has 5 nitrogen and oxygen atoms in total. The zero-order valence-corrected chi connectivity index (χ0v) is 21.4. The van der Waals surface area contributed by atoms with Crippen LogP contribution < -0.4 is 0 Å². The first kappa shape index (κ1) is 26.1. The number of pyridine rings is 1. The smallest absolute Gasteiger partial charge is 0.339 e. The number of benzene rings is 1. The lowest BCUT2D eigenvalue weighted by molar-refractivity contribution is -0.228. The molecular weight excluding hydrogens is 508 g/mol. The molecule has 1 aliphatic carbocycles. The van der Waals surface area contributed by atoms with Crippen molar-refractivity contribution >= 4 is 15.7 Å². The fraction of sp³-hybridized carbons (Fsp3) is 0.556. The molecule has 200 valence electrons. The molecule has 10 heteroatoms. The Hall–Kier alpha value is -2.49. The monoisotopic (exact) mass is 538 g/mol. The molecule has 5 rings (SSSR count). The number of sulfone groups is 1. The first-order chi connectivity index (χ1) is 17.3. The molecule has 0 saturated carbocycles. The van der Waals surface area contributed by atoms with Gasteiger partial charge in [0.25, 0.3) is 0 Å². The molecule has 3 unspecified atom stereocenters. The van der Waals surface area contributed by atoms with Crippen LogP contribution >= 0.6 is 0 Å². The highest BCUT2D eigenvalue weighted by Crippen LogP contribution is 2.51. The number of alkyl halides is 4. The number of carbonyl (C=O) groups excluding carboxylic acids is 1. The van der Waals surface area contributed by atoms with Crippen LogP contribution in [0.15, 0.2) is 42.6 Å². The molecule has 2 aromatic rings. The zero-order valence-electron chi connectivity index (χ0n) is 20.6. The Morgan fingerprint density at radius 1 is 1.11 bits per heavy atom. The van der Waals surface area contributed by atoms with E-state index in [1.807, 2.05) is 17.0 Å². The van der Waals surface area contributed by atoms with Gasteiger partial charge in [-0.3, -0.25) is 9.78 Å². The second kappa shape index (κ2) is 9.06. The molecule has 3 atom stereocenters. The van der Waals surface area contributed by atoms with Gasteiger partial charge in [-0.25, -0.2) is 12.8 Å². The summed E-state index contributed by atoms with van der Waals surface area (Å²) in [4.78, 5) is 20.0. The van der Waals surface area contributed by atoms with E-state index in [2.05, 4.69) is 4.98 Å². The summed E-state index contributed by atoms with van der Waals surface area (Å²) in [6, 6.07) is 9.57. The third-order valence-electron chi connectivity index (χ3n) is 8.63. The molecule has 0 spiro atoms. The third-order valence-corrected chi connectivity index (χ3v) is 10.3. The normalized spacial score (nSPS) is 27.3. The lowest BCUT2D eigenvalue weighted by atomic mass is 9.64. The molecule has 0 N–H and O–H groups in total. The molecule has 3 heterocycles. The number of nitrogens with zero attached hydrogens (tertiary/aromatic N) is 2. The van der Waals surface area contributed by atoms with Crippen LogP contribution in [0, 0.1) is 5.92 Å². The molecule has 2 aliphatic heterocycles. The standard InChI is InChI=1S/C27H30F4N2O3S/c1-25(28,27(29,30)31)20-6-7-22-19(16-20)5-8-23-26(22,17-21-4-2-3-12-32-21)11-13-33(23)24(34)18-9-14-37(35,36)15-10-18/h2-4,6-7,12,16,18,23H,5,8-11,13-15,17H2,1H3. The van der Waals surface area contributed by atoms with Gasteiger partial charge in [0.1, 0.15) is 9.84 Å². The van der Waals surface area contributed by atoms with E-state index < -0.39 is 32.7 Å². The number of aromatic nitrogens is 1. The van der Waals surface area contributed by atoms with Crippen molar-refractivity contribution in [1.29, 1.82) is 0 Å². The average molecular weight is 539 g/mol. The minimum Gasteiger partial charge on any atom is -0.339 e. The summed E-state index contributed by atoms with van der Waals surface area (Å²) in [5, 5.41) is 0. The van der Waals surface area contributed by atoms with Gasteiger partial charge in [-0.1, -0.05) is 24.3 Å². The van der Waals surface area contributed by atoms with Gasteiger partial charge in [0.15, 0.2) is 0 Å². The molecule has 1 amide bonds. The summed E-state index contributed by atoms with van der Waals surface area (Å²) in [7, 11) is -3.11. The minimum absolute atomic E-state index is 0.00774. The van der Waals surface area contributed by atoms with Crippen molar-refractivity contribution in [3.63, 3.8) is 0 Å². The number of rotatable bonds is 4. The number of hydrogen-bond donors (Lipinski definition) is 0. The summed E-state index contributed by atoms with van der Waals surface area (Å²) in [5.74, 6) is -0.380. The quantitative estimate of drug-likeness (QED) is 0.531. The number of likely N-dealkylation sites (tertiary alicyclic amines) is 1. The summed E-state index contributed by atoms with van der Waals surface area (Å²) in [6.07, 6.45) is -0.665. The van der Waals surface area contributed by atoms with Crippen LogP contribution in [-0.2, 0) is 38.6 Å². The maximum atomic E-state index is 14.8. The van der Waals surface area contributed by atoms with Crippen molar-refractivity contribution in [2.24, 2.45) is 5.92 Å². The van der Waals surface area contributed by atoms with Crippen molar-refractivity contribution in [2.75, 3.05) is 18.1 Å². The summed E-state index contributed by atoms with van der Waals surface area (Å²) in [5.41, 5.74) is -2.12. The van der Waals surface area contributed by atoms with Crippen LogP contribution in [0.3, 0.4) is 0 Å². The predicted octanol–water partition coefficient (Wildman–Crippen LogP) is 4.68. The third kappa shape index (κ3) is 4.55. The molecule has 0 radical (unpaired) electrons. The number of hydrogen-bond acceptors (Lipinski definition) is 4. The first-order valence-electron chi connectivity index (χ1n) is 12.6. The number of amides is 1. The summed E-state index contributed by atoms with van der Waals surface area (Å²) in [6.45, 7) is 1.02. The Bertz CT molecular complexity index is 1280. The Morgan fingerprint density at radius 2 is 1.84 bits per heavy atom. The van der Waals surface area contributed by atoms with Crippen LogP contribution in [-0.4, -0.2) is 54.5 Å². The fourth-order valence-electron chi connectivity index (χ4n) is 6.48. The van der Waals surface area contributed by atoms with Crippen molar-refractivity contribution in [2.45, 2.75) is 68.8 Å². The summed E-state index contributed by atoms with van der Waals surface area (Å²) >= 11 is 0. The molecule has 2 saturated heterocycles. The summed E-state index contributed by atoms with van der Waals surface area (Å²) < 4.78 is 78.9. The van der Waals surface area contributed by atoms with Gasteiger partial charge in [-0.15, -0.1) is 0 Å². The van der Waals surface area contributed by atoms with Gasteiger partial charge >= 0.3 is 6.18 Å². The van der Waals surface area contributed by atoms with Gasteiger partial charge in [0, 0.05) is 42.2 Å². The van der Waals surface area contributed by atoms with Crippen molar-refractivity contribution in [3.05, 3.63) is 65.0 Å². The van der Waals surface area contributed by atoms with Crippen LogP contribution in [0.25, 0.3) is 0 Å². The Labute approximate surface area is 214 Å². The number of fused-ring (bicyclic) bond motifs is 3. The van der Waals surface area contributed by atoms with E-state index in [0.717, 1.165) is 11.3 Å². The highest BCUT2D eigenvalue weighted by Gasteiger charge is 2.56. The van der Waals surface area contributed by atoms with E-state index in [-0.39, 0.29) is 29.4 Å². The highest BCUT2D eigenvalue weighted by molar-refractivity contribution is 7.91.